The van der Waals surface area contributed by atoms with Crippen LogP contribution in [0.2, 0.25) is 0 Å². The Hall–Kier alpha value is -3.28. The molecule has 6 heteroatoms. The van der Waals surface area contributed by atoms with E-state index >= 15 is 0 Å². The Bertz CT molecular complexity index is 988. The monoisotopic (exact) mass is 390 g/mol. The molecule has 150 valence electrons. The number of carbonyl (C=O) groups excluding carboxylic acids is 1. The Morgan fingerprint density at radius 1 is 0.931 bits per heavy atom. The van der Waals surface area contributed by atoms with E-state index in [9.17, 15) is 4.79 Å². The molecule has 3 aromatic rings. The van der Waals surface area contributed by atoms with Gasteiger partial charge in [-0.3, -0.25) is 9.78 Å². The number of aromatic nitrogens is 2. The van der Waals surface area contributed by atoms with Gasteiger partial charge < -0.3 is 19.1 Å². The molecule has 0 spiro atoms. The van der Waals surface area contributed by atoms with Crippen LogP contribution in [0.4, 0.5) is 5.69 Å². The van der Waals surface area contributed by atoms with Crippen molar-refractivity contribution in [3.8, 4) is 11.4 Å². The number of pyridine rings is 1. The summed E-state index contributed by atoms with van der Waals surface area (Å²) < 4.78 is 7.38. The molecular weight excluding hydrogens is 364 g/mol. The Balaban J connectivity index is 1.51. The number of piperazine rings is 1. The topological polar surface area (TPSA) is 50.6 Å². The summed E-state index contributed by atoms with van der Waals surface area (Å²) in [5.41, 5.74) is 4.98. The molecule has 29 heavy (non-hydrogen) atoms. The highest BCUT2D eigenvalue weighted by Gasteiger charge is 2.25. The van der Waals surface area contributed by atoms with Crippen LogP contribution in [0.15, 0.2) is 54.9 Å². The van der Waals surface area contributed by atoms with Crippen LogP contribution in [0.5, 0.6) is 5.75 Å². The fourth-order valence-corrected chi connectivity index (χ4v) is 4.00. The van der Waals surface area contributed by atoms with Crippen molar-refractivity contribution < 1.29 is 9.53 Å². The van der Waals surface area contributed by atoms with Crippen molar-refractivity contribution in [1.82, 2.24) is 14.5 Å². The zero-order valence-corrected chi connectivity index (χ0v) is 17.1. The predicted octanol–water partition coefficient (Wildman–Crippen LogP) is 3.46. The highest BCUT2D eigenvalue weighted by Crippen LogP contribution is 2.24. The molecule has 0 radical (unpaired) electrons. The van der Waals surface area contributed by atoms with Crippen LogP contribution < -0.4 is 9.64 Å². The lowest BCUT2D eigenvalue weighted by molar-refractivity contribution is 0.0746. The lowest BCUT2D eigenvalue weighted by Gasteiger charge is -2.36. The van der Waals surface area contributed by atoms with Gasteiger partial charge in [0.2, 0.25) is 0 Å². The average Bonchev–Trinajstić information content (AvgIpc) is 3.08. The summed E-state index contributed by atoms with van der Waals surface area (Å²) in [6.07, 6.45) is 3.61. The third-order valence-corrected chi connectivity index (χ3v) is 5.59. The van der Waals surface area contributed by atoms with Crippen molar-refractivity contribution in [3.05, 3.63) is 71.8 Å². The normalized spacial score (nSPS) is 14.2. The number of nitrogens with zero attached hydrogens (tertiary/aromatic N) is 4. The second-order valence-corrected chi connectivity index (χ2v) is 7.30. The van der Waals surface area contributed by atoms with Crippen LogP contribution in [-0.2, 0) is 0 Å². The first kappa shape index (κ1) is 19.1. The molecule has 1 saturated heterocycles. The summed E-state index contributed by atoms with van der Waals surface area (Å²) in [4.78, 5) is 21.6. The number of rotatable bonds is 4. The minimum atomic E-state index is 0.104. The summed E-state index contributed by atoms with van der Waals surface area (Å²) in [7, 11) is 1.66. The third-order valence-electron chi connectivity index (χ3n) is 5.59. The van der Waals surface area contributed by atoms with Crippen molar-refractivity contribution >= 4 is 11.6 Å². The van der Waals surface area contributed by atoms with Gasteiger partial charge in [0, 0.05) is 61.3 Å². The van der Waals surface area contributed by atoms with Crippen LogP contribution in [-0.4, -0.2) is 53.6 Å². The molecule has 1 amide bonds. The van der Waals surface area contributed by atoms with Crippen molar-refractivity contribution in [2.45, 2.75) is 13.8 Å². The number of aryl methyl sites for hydroxylation is 1. The third kappa shape index (κ3) is 3.70. The number of carbonyl (C=O) groups is 1. The zero-order valence-electron chi connectivity index (χ0n) is 17.1. The smallest absolute Gasteiger partial charge is 0.255 e. The SMILES string of the molecule is COc1ccc(-n2c(C)cc(C(=O)N3CCN(c4ccncc4)CC3)c2C)cc1. The highest BCUT2D eigenvalue weighted by molar-refractivity contribution is 5.96. The summed E-state index contributed by atoms with van der Waals surface area (Å²) in [5, 5.41) is 0. The standard InChI is InChI=1S/C23H26N4O2/c1-17-16-22(18(2)27(17)20-4-6-21(29-3)7-5-20)23(28)26-14-12-25(13-15-26)19-8-10-24-11-9-19/h4-11,16H,12-15H2,1-3H3. The first-order valence-electron chi connectivity index (χ1n) is 9.86. The maximum Gasteiger partial charge on any atom is 0.255 e. The van der Waals surface area contributed by atoms with Crippen LogP contribution in [0.3, 0.4) is 0 Å². The fraction of sp³-hybridized carbons (Fsp3) is 0.304. The van der Waals surface area contributed by atoms with Gasteiger partial charge in [0.05, 0.1) is 12.7 Å². The predicted molar refractivity (Wildman–Crippen MR) is 114 cm³/mol. The van der Waals surface area contributed by atoms with Gasteiger partial charge >= 0.3 is 0 Å². The molecule has 0 aliphatic carbocycles. The Morgan fingerprint density at radius 3 is 2.21 bits per heavy atom. The molecule has 4 rings (SSSR count). The maximum absolute atomic E-state index is 13.2. The largest absolute Gasteiger partial charge is 0.497 e. The van der Waals surface area contributed by atoms with E-state index < -0.39 is 0 Å². The first-order chi connectivity index (χ1) is 14.1. The van der Waals surface area contributed by atoms with E-state index in [1.807, 2.05) is 61.2 Å². The minimum Gasteiger partial charge on any atom is -0.497 e. The van der Waals surface area contributed by atoms with Gasteiger partial charge in [0.15, 0.2) is 0 Å². The summed E-state index contributed by atoms with van der Waals surface area (Å²) in [6.45, 7) is 7.13. The lowest BCUT2D eigenvalue weighted by atomic mass is 10.2. The number of amides is 1. The molecule has 0 saturated carbocycles. The van der Waals surface area contributed by atoms with Gasteiger partial charge in [0.1, 0.15) is 5.75 Å². The molecule has 2 aromatic heterocycles. The average molecular weight is 390 g/mol. The second kappa shape index (κ2) is 7.99. The summed E-state index contributed by atoms with van der Waals surface area (Å²) >= 11 is 0. The van der Waals surface area contributed by atoms with Crippen molar-refractivity contribution in [3.63, 3.8) is 0 Å². The fourth-order valence-electron chi connectivity index (χ4n) is 4.00. The van der Waals surface area contributed by atoms with Crippen LogP contribution in [0.1, 0.15) is 21.7 Å². The van der Waals surface area contributed by atoms with E-state index in [0.29, 0.717) is 13.1 Å². The van der Waals surface area contributed by atoms with Crippen LogP contribution in [0.25, 0.3) is 5.69 Å². The van der Waals surface area contributed by atoms with Gasteiger partial charge in [-0.1, -0.05) is 0 Å². The van der Waals surface area contributed by atoms with Gasteiger partial charge in [-0.2, -0.15) is 0 Å². The van der Waals surface area contributed by atoms with Crippen molar-refractivity contribution in [2.24, 2.45) is 0 Å². The lowest BCUT2D eigenvalue weighted by Crippen LogP contribution is -2.48. The molecular formula is C23H26N4O2. The van der Waals surface area contributed by atoms with Crippen molar-refractivity contribution in [1.29, 1.82) is 0 Å². The molecule has 0 N–H and O–H groups in total. The van der Waals surface area contributed by atoms with E-state index in [0.717, 1.165) is 47.2 Å². The molecule has 1 aromatic carbocycles. The Labute approximate surface area is 171 Å². The van der Waals surface area contributed by atoms with E-state index in [4.69, 9.17) is 4.74 Å². The zero-order chi connectivity index (χ0) is 20.4. The van der Waals surface area contributed by atoms with Crippen LogP contribution in [0, 0.1) is 13.8 Å². The number of anilines is 1. The summed E-state index contributed by atoms with van der Waals surface area (Å²) in [6, 6.07) is 13.9. The summed E-state index contributed by atoms with van der Waals surface area (Å²) in [5.74, 6) is 0.923. The molecule has 0 unspecified atom stereocenters. The number of benzene rings is 1. The molecule has 1 aliphatic heterocycles. The molecule has 1 aliphatic rings. The molecule has 6 nitrogen and oxygen atoms in total. The number of hydrogen-bond donors (Lipinski definition) is 0. The van der Waals surface area contributed by atoms with E-state index in [-0.39, 0.29) is 5.91 Å². The van der Waals surface area contributed by atoms with E-state index in [1.165, 1.54) is 0 Å². The second-order valence-electron chi connectivity index (χ2n) is 7.30. The molecule has 1 fully saturated rings. The van der Waals surface area contributed by atoms with E-state index in [1.54, 1.807) is 19.5 Å². The quantitative estimate of drug-likeness (QED) is 0.685. The molecule has 0 atom stereocenters. The molecule has 0 bridgehead atoms. The Morgan fingerprint density at radius 2 is 1.59 bits per heavy atom. The van der Waals surface area contributed by atoms with Gasteiger partial charge in [0.25, 0.3) is 5.91 Å². The molecule has 3 heterocycles. The van der Waals surface area contributed by atoms with Gasteiger partial charge in [-0.25, -0.2) is 0 Å². The minimum absolute atomic E-state index is 0.104. The van der Waals surface area contributed by atoms with Crippen LogP contribution >= 0.6 is 0 Å². The number of hydrogen-bond acceptors (Lipinski definition) is 4. The van der Waals surface area contributed by atoms with Gasteiger partial charge in [-0.15, -0.1) is 0 Å². The number of methoxy groups -OCH3 is 1. The maximum atomic E-state index is 13.2. The van der Waals surface area contributed by atoms with Gasteiger partial charge in [-0.05, 0) is 56.3 Å². The Kier molecular flexibility index (Phi) is 5.25. The number of ether oxygens (including phenoxy) is 1. The highest BCUT2D eigenvalue weighted by atomic mass is 16.5. The van der Waals surface area contributed by atoms with Crippen molar-refractivity contribution in [2.75, 3.05) is 38.2 Å². The first-order valence-corrected chi connectivity index (χ1v) is 9.86. The van der Waals surface area contributed by atoms with E-state index in [2.05, 4.69) is 14.5 Å².